The molecule has 0 aliphatic rings. The zero-order valence-electron chi connectivity index (χ0n) is 15.6. The van der Waals surface area contributed by atoms with Crippen molar-refractivity contribution >= 4 is 11.4 Å². The number of alkyl halides is 6. The Labute approximate surface area is 172 Å². The molecule has 0 spiro atoms. The lowest BCUT2D eigenvalue weighted by Crippen LogP contribution is -2.33. The third-order valence-corrected chi connectivity index (χ3v) is 4.28. The summed E-state index contributed by atoms with van der Waals surface area (Å²) in [4.78, 5) is 3.46. The maximum atomic E-state index is 13.2. The van der Waals surface area contributed by atoms with Gasteiger partial charge >= 0.3 is 12.4 Å². The lowest BCUT2D eigenvalue weighted by atomic mass is 10.1. The Balaban J connectivity index is 1.94. The molecule has 0 amide bonds. The summed E-state index contributed by atoms with van der Waals surface area (Å²) in [5.74, 6) is -0.150. The van der Waals surface area contributed by atoms with Crippen LogP contribution in [0.15, 0.2) is 59.0 Å². The van der Waals surface area contributed by atoms with E-state index in [0.717, 1.165) is 12.1 Å². The second-order valence-corrected chi connectivity index (χ2v) is 6.56. The van der Waals surface area contributed by atoms with Gasteiger partial charge in [-0.15, -0.1) is 0 Å². The standard InChI is InChI=1S/C21H13F7N2O/c1-29-18-8-6-15(10-17(18)21(26,27)28)30(12-20(23,24)25)11-16-7-9-19(31-16)13-2-4-14(22)5-3-13/h2-10H,11-12H2. The van der Waals surface area contributed by atoms with Crippen molar-refractivity contribution in [2.75, 3.05) is 11.4 Å². The Kier molecular flexibility index (Phi) is 5.97. The minimum absolute atomic E-state index is 0.0615. The molecular weight excluding hydrogens is 429 g/mol. The van der Waals surface area contributed by atoms with Gasteiger partial charge in [-0.05, 0) is 48.5 Å². The smallest absolute Gasteiger partial charge is 0.407 e. The third-order valence-electron chi connectivity index (χ3n) is 4.28. The summed E-state index contributed by atoms with van der Waals surface area (Å²) in [5, 5.41) is 0. The number of benzene rings is 2. The van der Waals surface area contributed by atoms with Crippen LogP contribution in [0.25, 0.3) is 16.2 Å². The van der Waals surface area contributed by atoms with Gasteiger partial charge in [0.25, 0.3) is 0 Å². The van der Waals surface area contributed by atoms with E-state index in [-0.39, 0.29) is 17.2 Å². The quantitative estimate of drug-likeness (QED) is 0.307. The van der Waals surface area contributed by atoms with E-state index in [0.29, 0.717) is 16.5 Å². The van der Waals surface area contributed by atoms with E-state index in [1.54, 1.807) is 0 Å². The molecule has 0 bridgehead atoms. The van der Waals surface area contributed by atoms with Crippen molar-refractivity contribution in [3.05, 3.63) is 83.2 Å². The molecule has 0 fully saturated rings. The van der Waals surface area contributed by atoms with Gasteiger partial charge in [-0.3, -0.25) is 0 Å². The van der Waals surface area contributed by atoms with Crippen LogP contribution in [0.1, 0.15) is 11.3 Å². The van der Waals surface area contributed by atoms with Gasteiger partial charge in [0, 0.05) is 11.3 Å². The molecule has 1 aromatic heterocycles. The van der Waals surface area contributed by atoms with E-state index < -0.39 is 42.5 Å². The summed E-state index contributed by atoms with van der Waals surface area (Å²) in [7, 11) is 0. The first-order valence-electron chi connectivity index (χ1n) is 8.71. The molecule has 0 N–H and O–H groups in total. The number of anilines is 1. The maximum absolute atomic E-state index is 13.2. The molecule has 0 unspecified atom stereocenters. The molecule has 3 aromatic rings. The first-order valence-corrected chi connectivity index (χ1v) is 8.71. The molecule has 3 rings (SSSR count). The van der Waals surface area contributed by atoms with Crippen LogP contribution in [0.2, 0.25) is 0 Å². The summed E-state index contributed by atoms with van der Waals surface area (Å²) in [6, 6.07) is 10.4. The molecular formula is C21H13F7N2O. The Morgan fingerprint density at radius 3 is 2.16 bits per heavy atom. The van der Waals surface area contributed by atoms with Crippen molar-refractivity contribution < 1.29 is 35.2 Å². The van der Waals surface area contributed by atoms with Crippen molar-refractivity contribution in [2.45, 2.75) is 18.9 Å². The number of hydrogen-bond donors (Lipinski definition) is 0. The molecule has 0 aliphatic carbocycles. The van der Waals surface area contributed by atoms with Gasteiger partial charge in [0.1, 0.15) is 23.9 Å². The molecule has 0 saturated heterocycles. The van der Waals surface area contributed by atoms with E-state index in [2.05, 4.69) is 4.85 Å². The SMILES string of the molecule is [C-]#[N+]c1ccc(N(Cc2ccc(-c3ccc(F)cc3)o2)CC(F)(F)F)cc1C(F)(F)F. The predicted octanol–water partition coefficient (Wildman–Crippen LogP) is 7.22. The molecule has 0 aliphatic heterocycles. The van der Waals surface area contributed by atoms with Crippen molar-refractivity contribution in [3.63, 3.8) is 0 Å². The lowest BCUT2D eigenvalue weighted by molar-refractivity contribution is -0.136. The van der Waals surface area contributed by atoms with Gasteiger partial charge in [-0.25, -0.2) is 9.24 Å². The Morgan fingerprint density at radius 2 is 1.58 bits per heavy atom. The molecule has 2 aromatic carbocycles. The van der Waals surface area contributed by atoms with E-state index >= 15 is 0 Å². The molecule has 162 valence electrons. The second kappa shape index (κ2) is 8.34. The summed E-state index contributed by atoms with van der Waals surface area (Å²) in [6.07, 6.45) is -9.61. The van der Waals surface area contributed by atoms with Crippen LogP contribution in [0.3, 0.4) is 0 Å². The molecule has 0 atom stereocenters. The third kappa shape index (κ3) is 5.57. The number of rotatable bonds is 5. The summed E-state index contributed by atoms with van der Waals surface area (Å²) in [6.45, 7) is 4.85. The van der Waals surface area contributed by atoms with Crippen molar-refractivity contribution in [1.82, 2.24) is 0 Å². The number of hydrogen-bond acceptors (Lipinski definition) is 2. The maximum Gasteiger partial charge on any atom is 0.407 e. The summed E-state index contributed by atoms with van der Waals surface area (Å²) in [5.41, 5.74) is -1.91. The Morgan fingerprint density at radius 1 is 0.903 bits per heavy atom. The second-order valence-electron chi connectivity index (χ2n) is 6.56. The highest BCUT2D eigenvalue weighted by atomic mass is 19.4. The summed E-state index contributed by atoms with van der Waals surface area (Å²) < 4.78 is 97.6. The van der Waals surface area contributed by atoms with Crippen LogP contribution in [-0.4, -0.2) is 12.7 Å². The fourth-order valence-electron chi connectivity index (χ4n) is 2.92. The zero-order valence-corrected chi connectivity index (χ0v) is 15.6. The van der Waals surface area contributed by atoms with Gasteiger partial charge in [0.05, 0.1) is 18.7 Å². The molecule has 0 radical (unpaired) electrons. The van der Waals surface area contributed by atoms with Crippen LogP contribution in [0.4, 0.5) is 42.1 Å². The first-order chi connectivity index (χ1) is 14.5. The first kappa shape index (κ1) is 22.2. The van der Waals surface area contributed by atoms with Crippen molar-refractivity contribution in [1.29, 1.82) is 0 Å². The molecule has 10 heteroatoms. The fourth-order valence-corrected chi connectivity index (χ4v) is 2.92. The monoisotopic (exact) mass is 442 g/mol. The highest BCUT2D eigenvalue weighted by Gasteiger charge is 2.36. The minimum Gasteiger partial charge on any atom is -0.459 e. The largest absolute Gasteiger partial charge is 0.459 e. The normalized spacial score (nSPS) is 11.9. The minimum atomic E-state index is -4.90. The van der Waals surface area contributed by atoms with Crippen LogP contribution < -0.4 is 4.90 Å². The lowest BCUT2D eigenvalue weighted by Gasteiger charge is -2.26. The van der Waals surface area contributed by atoms with E-state index in [4.69, 9.17) is 11.0 Å². The van der Waals surface area contributed by atoms with E-state index in [1.807, 2.05) is 0 Å². The average molecular weight is 442 g/mol. The average Bonchev–Trinajstić information content (AvgIpc) is 3.14. The number of furan rings is 1. The topological polar surface area (TPSA) is 20.7 Å². The van der Waals surface area contributed by atoms with Gasteiger partial charge < -0.3 is 9.32 Å². The van der Waals surface area contributed by atoms with E-state index in [1.165, 1.54) is 36.4 Å². The van der Waals surface area contributed by atoms with Crippen LogP contribution in [-0.2, 0) is 12.7 Å². The number of halogens is 7. The highest BCUT2D eigenvalue weighted by molar-refractivity contribution is 5.63. The van der Waals surface area contributed by atoms with Crippen LogP contribution in [0, 0.1) is 12.4 Å². The molecule has 0 saturated carbocycles. The molecule has 3 nitrogen and oxygen atoms in total. The van der Waals surface area contributed by atoms with Crippen molar-refractivity contribution in [2.24, 2.45) is 0 Å². The Bertz CT molecular complexity index is 1090. The van der Waals surface area contributed by atoms with Gasteiger partial charge in [0.15, 0.2) is 5.69 Å². The molecule has 31 heavy (non-hydrogen) atoms. The predicted molar refractivity (Wildman–Crippen MR) is 98.9 cm³/mol. The van der Waals surface area contributed by atoms with Gasteiger partial charge in [-0.2, -0.15) is 26.3 Å². The Hall–Kier alpha value is -3.48. The highest BCUT2D eigenvalue weighted by Crippen LogP contribution is 2.39. The van der Waals surface area contributed by atoms with E-state index in [9.17, 15) is 30.7 Å². The van der Waals surface area contributed by atoms with Crippen LogP contribution in [0.5, 0.6) is 0 Å². The molecule has 1 heterocycles. The van der Waals surface area contributed by atoms with Gasteiger partial charge in [-0.1, -0.05) is 6.07 Å². The van der Waals surface area contributed by atoms with Crippen molar-refractivity contribution in [3.8, 4) is 11.3 Å². The van der Waals surface area contributed by atoms with Gasteiger partial charge in [0.2, 0.25) is 0 Å². The fraction of sp³-hybridized carbons (Fsp3) is 0.190. The number of nitrogens with zero attached hydrogens (tertiary/aromatic N) is 2. The van der Waals surface area contributed by atoms with Crippen LogP contribution >= 0.6 is 0 Å². The zero-order chi connectivity index (χ0) is 22.8. The summed E-state index contributed by atoms with van der Waals surface area (Å²) >= 11 is 0.